The zero-order chi connectivity index (χ0) is 24.5. The Hall–Kier alpha value is -3.97. The molecule has 4 aromatic rings. The van der Waals surface area contributed by atoms with E-state index in [1.807, 2.05) is 60.0 Å². The summed E-state index contributed by atoms with van der Waals surface area (Å²) in [5, 5.41) is 3.06. The summed E-state index contributed by atoms with van der Waals surface area (Å²) in [5.41, 5.74) is 5.68. The molecular formula is C29H25N3O3S. The smallest absolute Gasteiger partial charge is 0.265 e. The number of hydrogen-bond acceptors (Lipinski definition) is 5. The van der Waals surface area contributed by atoms with Gasteiger partial charge in [-0.15, -0.1) is 11.3 Å². The largest absolute Gasteiger partial charge is 0.482 e. The number of para-hydroxylation sites is 1. The second-order valence-corrected chi connectivity index (χ2v) is 9.96. The van der Waals surface area contributed by atoms with Crippen LogP contribution in [0.25, 0.3) is 11.3 Å². The molecule has 6 rings (SSSR count). The van der Waals surface area contributed by atoms with Crippen molar-refractivity contribution in [2.24, 2.45) is 0 Å². The first-order chi connectivity index (χ1) is 17.7. The topological polar surface area (TPSA) is 62.7 Å². The van der Waals surface area contributed by atoms with Gasteiger partial charge in [0.1, 0.15) is 12.3 Å². The second kappa shape index (κ2) is 9.59. The number of fused-ring (bicyclic) bond motifs is 2. The van der Waals surface area contributed by atoms with Crippen LogP contribution >= 0.6 is 11.3 Å². The molecule has 0 saturated heterocycles. The number of amides is 2. The van der Waals surface area contributed by atoms with Gasteiger partial charge in [-0.2, -0.15) is 0 Å². The minimum Gasteiger partial charge on any atom is -0.482 e. The third-order valence-corrected chi connectivity index (χ3v) is 7.50. The standard InChI is InChI=1S/C29H25N3O3S/c33-28(31-14-6-10-21-9-4-5-11-24(21)31)17-32-25-16-22(12-13-26(25)35-18-29(32)34)23-19-36-27(30-23)15-20-7-2-1-3-8-20/h1-5,7-9,11-13,16,19H,6,10,14-15,17-18H2. The van der Waals surface area contributed by atoms with E-state index in [0.717, 1.165) is 41.2 Å². The molecule has 36 heavy (non-hydrogen) atoms. The maximum atomic E-state index is 13.4. The van der Waals surface area contributed by atoms with E-state index < -0.39 is 0 Å². The van der Waals surface area contributed by atoms with Gasteiger partial charge < -0.3 is 9.64 Å². The molecule has 3 heterocycles. The lowest BCUT2D eigenvalue weighted by Crippen LogP contribution is -2.47. The third kappa shape index (κ3) is 4.38. The molecule has 0 N–H and O–H groups in total. The molecule has 0 aliphatic carbocycles. The van der Waals surface area contributed by atoms with Crippen molar-refractivity contribution < 1.29 is 14.3 Å². The number of anilines is 2. The molecule has 0 saturated carbocycles. The van der Waals surface area contributed by atoms with Crippen LogP contribution in [0.3, 0.4) is 0 Å². The molecule has 0 atom stereocenters. The Labute approximate surface area is 213 Å². The first-order valence-corrected chi connectivity index (χ1v) is 13.0. The molecule has 180 valence electrons. The van der Waals surface area contributed by atoms with E-state index in [2.05, 4.69) is 18.2 Å². The van der Waals surface area contributed by atoms with Gasteiger partial charge in [-0.25, -0.2) is 4.98 Å². The fraction of sp³-hybridized carbons (Fsp3) is 0.207. The Kier molecular flexibility index (Phi) is 5.99. The summed E-state index contributed by atoms with van der Waals surface area (Å²) in [6, 6.07) is 24.0. The number of aryl methyl sites for hydroxylation is 1. The van der Waals surface area contributed by atoms with Crippen LogP contribution in [0.15, 0.2) is 78.2 Å². The summed E-state index contributed by atoms with van der Waals surface area (Å²) < 4.78 is 5.69. The number of thiazole rings is 1. The summed E-state index contributed by atoms with van der Waals surface area (Å²) in [6.07, 6.45) is 2.65. The Morgan fingerprint density at radius 2 is 1.83 bits per heavy atom. The number of nitrogens with zero attached hydrogens (tertiary/aromatic N) is 3. The second-order valence-electron chi connectivity index (χ2n) is 9.02. The van der Waals surface area contributed by atoms with Crippen molar-refractivity contribution in [3.63, 3.8) is 0 Å². The third-order valence-electron chi connectivity index (χ3n) is 6.65. The van der Waals surface area contributed by atoms with E-state index in [-0.39, 0.29) is 25.0 Å². The molecule has 2 aliphatic heterocycles. The average molecular weight is 496 g/mol. The molecule has 7 heteroatoms. The maximum absolute atomic E-state index is 13.4. The van der Waals surface area contributed by atoms with E-state index in [9.17, 15) is 9.59 Å². The van der Waals surface area contributed by atoms with Crippen molar-refractivity contribution in [3.05, 3.63) is 94.3 Å². The van der Waals surface area contributed by atoms with Gasteiger partial charge in [0.2, 0.25) is 5.91 Å². The normalized spacial score (nSPS) is 14.7. The lowest BCUT2D eigenvalue weighted by atomic mass is 10.0. The molecule has 3 aromatic carbocycles. The quantitative estimate of drug-likeness (QED) is 0.386. The van der Waals surface area contributed by atoms with Gasteiger partial charge in [0.05, 0.1) is 16.4 Å². The average Bonchev–Trinajstić information content (AvgIpc) is 3.38. The van der Waals surface area contributed by atoms with E-state index in [4.69, 9.17) is 9.72 Å². The molecule has 6 nitrogen and oxygen atoms in total. The van der Waals surface area contributed by atoms with Crippen LogP contribution in [0.1, 0.15) is 22.6 Å². The highest BCUT2D eigenvalue weighted by atomic mass is 32.1. The number of ether oxygens (including phenoxy) is 1. The number of hydrogen-bond donors (Lipinski definition) is 0. The molecule has 0 fully saturated rings. The van der Waals surface area contributed by atoms with Crippen molar-refractivity contribution in [3.8, 4) is 17.0 Å². The number of carbonyl (C=O) groups excluding carboxylic acids is 2. The maximum Gasteiger partial charge on any atom is 0.265 e. The number of benzene rings is 3. The summed E-state index contributed by atoms with van der Waals surface area (Å²) >= 11 is 1.62. The number of rotatable bonds is 5. The van der Waals surface area contributed by atoms with E-state index in [0.29, 0.717) is 18.0 Å². The van der Waals surface area contributed by atoms with Gasteiger partial charge >= 0.3 is 0 Å². The van der Waals surface area contributed by atoms with Gasteiger partial charge in [-0.05, 0) is 48.2 Å². The summed E-state index contributed by atoms with van der Waals surface area (Å²) in [6.45, 7) is 0.557. The Morgan fingerprint density at radius 1 is 1.00 bits per heavy atom. The van der Waals surface area contributed by atoms with Crippen molar-refractivity contribution in [1.29, 1.82) is 0 Å². The zero-order valence-electron chi connectivity index (χ0n) is 19.7. The SMILES string of the molecule is O=C(CN1C(=O)COc2ccc(-c3csc(Cc4ccccc4)n3)cc21)N1CCCc2ccccc21. The highest BCUT2D eigenvalue weighted by Crippen LogP contribution is 2.37. The summed E-state index contributed by atoms with van der Waals surface area (Å²) in [4.78, 5) is 34.5. The Bertz CT molecular complexity index is 1430. The molecule has 0 unspecified atom stereocenters. The Balaban J connectivity index is 1.26. The van der Waals surface area contributed by atoms with Crippen molar-refractivity contribution in [2.75, 3.05) is 29.5 Å². The highest BCUT2D eigenvalue weighted by Gasteiger charge is 2.31. The van der Waals surface area contributed by atoms with Crippen LogP contribution in [-0.2, 0) is 22.4 Å². The van der Waals surface area contributed by atoms with Crippen molar-refractivity contribution in [1.82, 2.24) is 4.98 Å². The number of aromatic nitrogens is 1. The molecule has 2 aliphatic rings. The van der Waals surface area contributed by atoms with Crippen molar-refractivity contribution in [2.45, 2.75) is 19.3 Å². The predicted molar refractivity (Wildman–Crippen MR) is 142 cm³/mol. The molecule has 0 radical (unpaired) electrons. The highest BCUT2D eigenvalue weighted by molar-refractivity contribution is 7.10. The van der Waals surface area contributed by atoms with Crippen LogP contribution in [0, 0.1) is 0 Å². The molecule has 2 amide bonds. The summed E-state index contributed by atoms with van der Waals surface area (Å²) in [7, 11) is 0. The molecule has 1 aromatic heterocycles. The van der Waals surface area contributed by atoms with Gasteiger partial charge in [-0.1, -0.05) is 48.5 Å². The zero-order valence-corrected chi connectivity index (χ0v) is 20.5. The van der Waals surface area contributed by atoms with Crippen LogP contribution < -0.4 is 14.5 Å². The lowest BCUT2D eigenvalue weighted by Gasteiger charge is -2.33. The lowest BCUT2D eigenvalue weighted by molar-refractivity contribution is -0.124. The monoisotopic (exact) mass is 495 g/mol. The van der Waals surface area contributed by atoms with Crippen LogP contribution in [0.4, 0.5) is 11.4 Å². The van der Waals surface area contributed by atoms with E-state index in [1.165, 1.54) is 11.1 Å². The van der Waals surface area contributed by atoms with Gasteiger partial charge in [0, 0.05) is 29.6 Å². The molecule has 0 bridgehead atoms. The first kappa shape index (κ1) is 22.5. The van der Waals surface area contributed by atoms with Gasteiger partial charge in [0.15, 0.2) is 6.61 Å². The summed E-state index contributed by atoms with van der Waals surface area (Å²) in [5.74, 6) is 0.291. The molecule has 0 spiro atoms. The van der Waals surface area contributed by atoms with E-state index in [1.54, 1.807) is 21.1 Å². The van der Waals surface area contributed by atoms with Crippen LogP contribution in [0.2, 0.25) is 0 Å². The van der Waals surface area contributed by atoms with Crippen LogP contribution in [0.5, 0.6) is 5.75 Å². The predicted octanol–water partition coefficient (Wildman–Crippen LogP) is 5.11. The van der Waals surface area contributed by atoms with Crippen LogP contribution in [-0.4, -0.2) is 36.5 Å². The minimum atomic E-state index is -0.221. The minimum absolute atomic E-state index is 0.0245. The van der Waals surface area contributed by atoms with Gasteiger partial charge in [0.25, 0.3) is 5.91 Å². The fourth-order valence-electron chi connectivity index (χ4n) is 4.84. The fourth-order valence-corrected chi connectivity index (χ4v) is 5.68. The van der Waals surface area contributed by atoms with E-state index >= 15 is 0 Å². The number of carbonyl (C=O) groups is 2. The van der Waals surface area contributed by atoms with Crippen molar-refractivity contribution >= 4 is 34.5 Å². The van der Waals surface area contributed by atoms with Gasteiger partial charge in [-0.3, -0.25) is 14.5 Å². The Morgan fingerprint density at radius 3 is 2.72 bits per heavy atom. The molecular weight excluding hydrogens is 470 g/mol. The first-order valence-electron chi connectivity index (χ1n) is 12.1.